The number of aromatic nitrogens is 1. The minimum atomic E-state index is 0.0276. The molecule has 2 heterocycles. The van der Waals surface area contributed by atoms with E-state index < -0.39 is 0 Å². The van der Waals surface area contributed by atoms with Gasteiger partial charge in [-0.15, -0.1) is 0 Å². The van der Waals surface area contributed by atoms with Crippen LogP contribution in [0, 0.1) is 5.92 Å². The van der Waals surface area contributed by atoms with Crippen LogP contribution in [0.5, 0.6) is 0 Å². The SMILES string of the molecule is O=C1C(Cc2ccc(Cl)cc2)CCCN1c1ccc(-c2ccncc2)cc1. The minimum absolute atomic E-state index is 0.0276. The minimum Gasteiger partial charge on any atom is -0.312 e. The summed E-state index contributed by atoms with van der Waals surface area (Å²) in [5.74, 6) is 0.243. The standard InChI is InChI=1S/C23H21ClN2O/c24-21-7-3-17(4-8-21)16-20-2-1-15-26(23(20)27)22-9-5-18(6-10-22)19-11-13-25-14-12-19/h3-14,20H,1-2,15-16H2. The Morgan fingerprint density at radius 2 is 1.59 bits per heavy atom. The topological polar surface area (TPSA) is 33.2 Å². The molecule has 0 bridgehead atoms. The molecule has 1 amide bonds. The van der Waals surface area contributed by atoms with E-state index in [0.29, 0.717) is 0 Å². The van der Waals surface area contributed by atoms with Gasteiger partial charge in [0, 0.05) is 35.6 Å². The Labute approximate surface area is 164 Å². The first-order chi connectivity index (χ1) is 13.2. The van der Waals surface area contributed by atoms with Gasteiger partial charge in [-0.3, -0.25) is 9.78 Å². The predicted molar refractivity (Wildman–Crippen MR) is 110 cm³/mol. The third kappa shape index (κ3) is 4.04. The number of anilines is 1. The van der Waals surface area contributed by atoms with Crippen molar-refractivity contribution in [2.75, 3.05) is 11.4 Å². The molecule has 3 aromatic rings. The second-order valence-corrected chi connectivity index (χ2v) is 7.38. The number of hydrogen-bond donors (Lipinski definition) is 0. The summed E-state index contributed by atoms with van der Waals surface area (Å²) in [6.45, 7) is 0.782. The van der Waals surface area contributed by atoms with E-state index in [1.165, 1.54) is 0 Å². The summed E-state index contributed by atoms with van der Waals surface area (Å²) in [6, 6.07) is 20.0. The normalized spacial score (nSPS) is 17.1. The fraction of sp³-hybridized carbons (Fsp3) is 0.217. The van der Waals surface area contributed by atoms with Crippen LogP contribution in [0.2, 0.25) is 5.02 Å². The van der Waals surface area contributed by atoms with Crippen LogP contribution >= 0.6 is 11.6 Å². The van der Waals surface area contributed by atoms with Crippen LogP contribution < -0.4 is 4.90 Å². The Kier molecular flexibility index (Phi) is 5.21. The van der Waals surface area contributed by atoms with Gasteiger partial charge in [-0.2, -0.15) is 0 Å². The number of hydrogen-bond acceptors (Lipinski definition) is 2. The van der Waals surface area contributed by atoms with Gasteiger partial charge in [0.2, 0.25) is 5.91 Å². The first kappa shape index (κ1) is 17.7. The highest BCUT2D eigenvalue weighted by atomic mass is 35.5. The predicted octanol–water partition coefficient (Wildman–Crippen LogP) is 5.39. The zero-order valence-corrected chi connectivity index (χ0v) is 15.8. The van der Waals surface area contributed by atoms with Crippen molar-refractivity contribution in [3.63, 3.8) is 0 Å². The third-order valence-corrected chi connectivity index (χ3v) is 5.39. The van der Waals surface area contributed by atoms with Gasteiger partial charge >= 0.3 is 0 Å². The van der Waals surface area contributed by atoms with Crippen LogP contribution in [0.15, 0.2) is 73.1 Å². The number of rotatable bonds is 4. The van der Waals surface area contributed by atoms with E-state index >= 15 is 0 Å². The number of benzene rings is 2. The van der Waals surface area contributed by atoms with E-state index in [0.717, 1.165) is 53.2 Å². The second kappa shape index (κ2) is 7.93. The van der Waals surface area contributed by atoms with Crippen molar-refractivity contribution in [2.45, 2.75) is 19.3 Å². The van der Waals surface area contributed by atoms with E-state index in [1.54, 1.807) is 12.4 Å². The van der Waals surface area contributed by atoms with Crippen molar-refractivity contribution in [1.82, 2.24) is 4.98 Å². The van der Waals surface area contributed by atoms with Gasteiger partial charge in [-0.1, -0.05) is 35.9 Å². The van der Waals surface area contributed by atoms with Crippen LogP contribution in [0.25, 0.3) is 11.1 Å². The van der Waals surface area contributed by atoms with Gasteiger partial charge in [0.1, 0.15) is 0 Å². The molecule has 1 aromatic heterocycles. The highest BCUT2D eigenvalue weighted by Gasteiger charge is 2.29. The fourth-order valence-electron chi connectivity index (χ4n) is 3.68. The van der Waals surface area contributed by atoms with Crippen molar-refractivity contribution in [3.05, 3.63) is 83.6 Å². The average Bonchev–Trinajstić information content (AvgIpc) is 2.72. The number of amides is 1. The molecular formula is C23H21ClN2O. The largest absolute Gasteiger partial charge is 0.312 e. The maximum atomic E-state index is 13.0. The summed E-state index contributed by atoms with van der Waals surface area (Å²) in [5.41, 5.74) is 4.39. The third-order valence-electron chi connectivity index (χ3n) is 5.14. The van der Waals surface area contributed by atoms with Gasteiger partial charge < -0.3 is 4.90 Å². The van der Waals surface area contributed by atoms with Gasteiger partial charge in [0.05, 0.1) is 0 Å². The van der Waals surface area contributed by atoms with Crippen molar-refractivity contribution in [2.24, 2.45) is 5.92 Å². The smallest absolute Gasteiger partial charge is 0.230 e. The van der Waals surface area contributed by atoms with Gasteiger partial charge in [0.25, 0.3) is 0 Å². The summed E-state index contributed by atoms with van der Waals surface area (Å²) in [4.78, 5) is 19.0. The molecule has 1 aliphatic rings. The zero-order chi connectivity index (χ0) is 18.6. The molecule has 1 saturated heterocycles. The molecule has 0 aliphatic carbocycles. The summed E-state index contributed by atoms with van der Waals surface area (Å²) in [5, 5.41) is 0.727. The summed E-state index contributed by atoms with van der Waals surface area (Å²) < 4.78 is 0. The molecule has 3 nitrogen and oxygen atoms in total. The Hall–Kier alpha value is -2.65. The van der Waals surface area contributed by atoms with E-state index in [9.17, 15) is 4.79 Å². The van der Waals surface area contributed by atoms with Crippen molar-refractivity contribution in [1.29, 1.82) is 0 Å². The number of pyridine rings is 1. The molecule has 1 fully saturated rings. The second-order valence-electron chi connectivity index (χ2n) is 6.94. The van der Waals surface area contributed by atoms with Crippen LogP contribution in [-0.2, 0) is 11.2 Å². The highest BCUT2D eigenvalue weighted by molar-refractivity contribution is 6.30. The number of carbonyl (C=O) groups excluding carboxylic acids is 1. The van der Waals surface area contributed by atoms with Gasteiger partial charge in [0.15, 0.2) is 0 Å². The lowest BCUT2D eigenvalue weighted by Crippen LogP contribution is -2.42. The molecule has 0 spiro atoms. The van der Waals surface area contributed by atoms with Crippen molar-refractivity contribution >= 4 is 23.2 Å². The molecule has 1 aliphatic heterocycles. The Morgan fingerprint density at radius 1 is 0.926 bits per heavy atom. The van der Waals surface area contributed by atoms with Crippen LogP contribution in [0.4, 0.5) is 5.69 Å². The van der Waals surface area contributed by atoms with E-state index in [-0.39, 0.29) is 11.8 Å². The first-order valence-electron chi connectivity index (χ1n) is 9.27. The Balaban J connectivity index is 1.49. The first-order valence-corrected chi connectivity index (χ1v) is 9.65. The van der Waals surface area contributed by atoms with E-state index in [2.05, 4.69) is 17.1 Å². The number of piperidine rings is 1. The summed E-state index contributed by atoms with van der Waals surface area (Å²) >= 11 is 5.96. The quantitative estimate of drug-likeness (QED) is 0.611. The lowest BCUT2D eigenvalue weighted by Gasteiger charge is -2.32. The van der Waals surface area contributed by atoms with E-state index in [4.69, 9.17) is 11.6 Å². The maximum absolute atomic E-state index is 13.0. The molecule has 0 radical (unpaired) electrons. The van der Waals surface area contributed by atoms with Crippen LogP contribution in [-0.4, -0.2) is 17.4 Å². The Morgan fingerprint density at radius 3 is 2.30 bits per heavy atom. The molecule has 4 heteroatoms. The zero-order valence-electron chi connectivity index (χ0n) is 15.0. The molecule has 2 aromatic carbocycles. The average molecular weight is 377 g/mol. The molecule has 136 valence electrons. The number of carbonyl (C=O) groups is 1. The van der Waals surface area contributed by atoms with Crippen LogP contribution in [0.1, 0.15) is 18.4 Å². The fourth-order valence-corrected chi connectivity index (χ4v) is 3.80. The van der Waals surface area contributed by atoms with Gasteiger partial charge in [-0.25, -0.2) is 0 Å². The molecule has 4 rings (SSSR count). The lowest BCUT2D eigenvalue weighted by atomic mass is 9.90. The van der Waals surface area contributed by atoms with Crippen LogP contribution in [0.3, 0.4) is 0 Å². The molecule has 1 unspecified atom stereocenters. The number of nitrogens with zero attached hydrogens (tertiary/aromatic N) is 2. The molecule has 0 N–H and O–H groups in total. The molecule has 27 heavy (non-hydrogen) atoms. The number of halogens is 1. The lowest BCUT2D eigenvalue weighted by molar-refractivity contribution is -0.123. The monoisotopic (exact) mass is 376 g/mol. The molecular weight excluding hydrogens is 356 g/mol. The van der Waals surface area contributed by atoms with Crippen molar-refractivity contribution in [3.8, 4) is 11.1 Å². The molecule has 0 saturated carbocycles. The summed E-state index contributed by atoms with van der Waals surface area (Å²) in [6.07, 6.45) is 6.31. The van der Waals surface area contributed by atoms with Gasteiger partial charge in [-0.05, 0) is 72.4 Å². The Bertz CT molecular complexity index is 907. The summed E-state index contributed by atoms with van der Waals surface area (Å²) in [7, 11) is 0. The highest BCUT2D eigenvalue weighted by Crippen LogP contribution is 2.29. The molecule has 1 atom stereocenters. The maximum Gasteiger partial charge on any atom is 0.230 e. The van der Waals surface area contributed by atoms with E-state index in [1.807, 2.05) is 53.4 Å². The van der Waals surface area contributed by atoms with Crippen molar-refractivity contribution < 1.29 is 4.79 Å².